The van der Waals surface area contributed by atoms with Crippen LogP contribution in [0.5, 0.6) is 0 Å². The molecule has 0 radical (unpaired) electrons. The number of nitrogens with zero attached hydrogens (tertiary/aromatic N) is 1. The minimum absolute atomic E-state index is 0.317. The van der Waals surface area contributed by atoms with Crippen LogP contribution in [0, 0.1) is 28.1 Å². The summed E-state index contributed by atoms with van der Waals surface area (Å²) in [5.74, 6) is 0.760. The third-order valence-corrected chi connectivity index (χ3v) is 4.18. The molecule has 68 valence electrons. The largest absolute Gasteiger partial charge is 0.198 e. The zero-order valence-electron chi connectivity index (χ0n) is 8.65. The van der Waals surface area contributed by atoms with E-state index in [4.69, 9.17) is 5.26 Å². The van der Waals surface area contributed by atoms with E-state index in [1.807, 2.05) is 0 Å². The predicted molar refractivity (Wildman–Crippen MR) is 50.5 cm³/mol. The quantitative estimate of drug-likeness (QED) is 0.629. The Morgan fingerprint density at radius 2 is 2.08 bits per heavy atom. The van der Waals surface area contributed by atoms with Gasteiger partial charge in [-0.2, -0.15) is 5.26 Å². The molecule has 0 bridgehead atoms. The number of rotatable bonds is 3. The first-order chi connectivity index (χ1) is 5.50. The molecular weight excluding hydrogens is 146 g/mol. The number of hydrogen-bond donors (Lipinski definition) is 0. The molecule has 1 aliphatic rings. The Morgan fingerprint density at radius 3 is 2.50 bits per heavy atom. The average Bonchev–Trinajstić information content (AvgIpc) is 2.55. The van der Waals surface area contributed by atoms with Crippen molar-refractivity contribution in [3.05, 3.63) is 0 Å². The summed E-state index contributed by atoms with van der Waals surface area (Å²) in [6, 6.07) is 2.30. The van der Waals surface area contributed by atoms with E-state index in [0.29, 0.717) is 10.8 Å². The van der Waals surface area contributed by atoms with Crippen LogP contribution >= 0.6 is 0 Å². The van der Waals surface area contributed by atoms with Crippen LogP contribution in [0.2, 0.25) is 0 Å². The first-order valence-corrected chi connectivity index (χ1v) is 4.87. The molecule has 3 atom stereocenters. The molecule has 0 saturated heterocycles. The lowest BCUT2D eigenvalue weighted by atomic mass is 9.82. The molecular formula is C11H19N. The van der Waals surface area contributed by atoms with Gasteiger partial charge in [0.05, 0.1) is 6.07 Å². The summed E-state index contributed by atoms with van der Waals surface area (Å²) in [5.41, 5.74) is 0.759. The Labute approximate surface area is 75.8 Å². The monoisotopic (exact) mass is 165 g/mol. The molecule has 0 amide bonds. The Kier molecular flexibility index (Phi) is 2.21. The third kappa shape index (κ3) is 1.14. The maximum atomic E-state index is 8.68. The molecule has 0 heterocycles. The Hall–Kier alpha value is -0.510. The maximum absolute atomic E-state index is 8.68. The van der Waals surface area contributed by atoms with Gasteiger partial charge < -0.3 is 0 Å². The average molecular weight is 165 g/mol. The zero-order chi connectivity index (χ0) is 9.41. The van der Waals surface area contributed by atoms with Crippen LogP contribution in [0.15, 0.2) is 0 Å². The van der Waals surface area contributed by atoms with Crippen molar-refractivity contribution in [1.82, 2.24) is 0 Å². The van der Waals surface area contributed by atoms with Crippen molar-refractivity contribution < 1.29 is 0 Å². The van der Waals surface area contributed by atoms with Crippen LogP contribution in [-0.4, -0.2) is 0 Å². The molecule has 1 fully saturated rings. The maximum Gasteiger partial charge on any atom is 0.0627 e. The van der Waals surface area contributed by atoms with Gasteiger partial charge in [0.2, 0.25) is 0 Å². The van der Waals surface area contributed by atoms with E-state index in [2.05, 4.69) is 33.8 Å². The highest BCUT2D eigenvalue weighted by molar-refractivity contribution is 5.13. The van der Waals surface area contributed by atoms with Gasteiger partial charge in [0.25, 0.3) is 0 Å². The van der Waals surface area contributed by atoms with Crippen LogP contribution in [0.4, 0.5) is 0 Å². The first-order valence-electron chi connectivity index (χ1n) is 4.87. The molecule has 1 heteroatoms. The van der Waals surface area contributed by atoms with Crippen LogP contribution < -0.4 is 0 Å². The van der Waals surface area contributed by atoms with Crippen LogP contribution in [-0.2, 0) is 0 Å². The topological polar surface area (TPSA) is 23.8 Å². The molecule has 0 aliphatic heterocycles. The summed E-state index contributed by atoms with van der Waals surface area (Å²) >= 11 is 0. The minimum Gasteiger partial charge on any atom is -0.198 e. The standard InChI is InChI=1S/C11H19N/c1-5-9(2)11(4)8-10(11,3)6-7-12/h9H,5-6,8H2,1-4H3/t9?,10-,11-/m1/s1. The van der Waals surface area contributed by atoms with Crippen molar-refractivity contribution >= 4 is 0 Å². The van der Waals surface area contributed by atoms with Crippen molar-refractivity contribution in [3.63, 3.8) is 0 Å². The van der Waals surface area contributed by atoms with E-state index < -0.39 is 0 Å². The van der Waals surface area contributed by atoms with E-state index in [1.54, 1.807) is 0 Å². The zero-order valence-corrected chi connectivity index (χ0v) is 8.65. The normalized spacial score (nSPS) is 41.9. The molecule has 0 aromatic heterocycles. The van der Waals surface area contributed by atoms with Gasteiger partial charge in [-0.05, 0) is 23.2 Å². The summed E-state index contributed by atoms with van der Waals surface area (Å²) in [6.45, 7) is 9.13. The molecule has 1 nitrogen and oxygen atoms in total. The van der Waals surface area contributed by atoms with E-state index in [-0.39, 0.29) is 0 Å². The molecule has 0 aromatic carbocycles. The smallest absolute Gasteiger partial charge is 0.0627 e. The van der Waals surface area contributed by atoms with Gasteiger partial charge in [-0.25, -0.2) is 0 Å². The molecule has 0 aromatic rings. The fourth-order valence-electron chi connectivity index (χ4n) is 2.42. The molecule has 1 saturated carbocycles. The van der Waals surface area contributed by atoms with E-state index >= 15 is 0 Å². The Bertz CT molecular complexity index is 216. The highest BCUT2D eigenvalue weighted by Crippen LogP contribution is 2.69. The molecule has 1 unspecified atom stereocenters. The van der Waals surface area contributed by atoms with E-state index in [1.165, 1.54) is 12.8 Å². The lowest BCUT2D eigenvalue weighted by Gasteiger charge is -2.22. The van der Waals surface area contributed by atoms with Crippen molar-refractivity contribution in [2.75, 3.05) is 0 Å². The molecule has 12 heavy (non-hydrogen) atoms. The molecule has 0 N–H and O–H groups in total. The fraction of sp³-hybridized carbons (Fsp3) is 0.909. The number of hydrogen-bond acceptors (Lipinski definition) is 1. The second kappa shape index (κ2) is 2.76. The van der Waals surface area contributed by atoms with Crippen molar-refractivity contribution in [1.29, 1.82) is 5.26 Å². The highest BCUT2D eigenvalue weighted by Gasteiger charge is 2.62. The predicted octanol–water partition coefficient (Wildman–Crippen LogP) is 3.36. The van der Waals surface area contributed by atoms with E-state index in [0.717, 1.165) is 12.3 Å². The molecule has 1 rings (SSSR count). The van der Waals surface area contributed by atoms with Crippen molar-refractivity contribution in [3.8, 4) is 6.07 Å². The first kappa shape index (κ1) is 9.58. The lowest BCUT2D eigenvalue weighted by molar-refractivity contribution is 0.270. The minimum atomic E-state index is 0.317. The fourth-order valence-corrected chi connectivity index (χ4v) is 2.42. The van der Waals surface area contributed by atoms with Crippen LogP contribution in [0.25, 0.3) is 0 Å². The van der Waals surface area contributed by atoms with Gasteiger partial charge in [0.15, 0.2) is 0 Å². The number of nitriles is 1. The lowest BCUT2D eigenvalue weighted by Crippen LogP contribution is -2.15. The molecule has 1 aliphatic carbocycles. The SMILES string of the molecule is CCC(C)[C@@]1(C)C[C@@]1(C)CC#N. The molecule has 0 spiro atoms. The second-order valence-electron chi connectivity index (χ2n) is 4.80. The van der Waals surface area contributed by atoms with Crippen LogP contribution in [0.1, 0.15) is 47.0 Å². The van der Waals surface area contributed by atoms with Gasteiger partial charge >= 0.3 is 0 Å². The second-order valence-corrected chi connectivity index (χ2v) is 4.80. The van der Waals surface area contributed by atoms with Gasteiger partial charge in [0, 0.05) is 6.42 Å². The van der Waals surface area contributed by atoms with Gasteiger partial charge in [-0.3, -0.25) is 0 Å². The summed E-state index contributed by atoms with van der Waals surface area (Å²) in [4.78, 5) is 0. The Morgan fingerprint density at radius 1 is 1.50 bits per heavy atom. The van der Waals surface area contributed by atoms with Crippen molar-refractivity contribution in [2.24, 2.45) is 16.7 Å². The summed E-state index contributed by atoms with van der Waals surface area (Å²) in [7, 11) is 0. The van der Waals surface area contributed by atoms with Gasteiger partial charge in [-0.1, -0.05) is 34.1 Å². The van der Waals surface area contributed by atoms with Crippen LogP contribution in [0.3, 0.4) is 0 Å². The van der Waals surface area contributed by atoms with Gasteiger partial charge in [0.1, 0.15) is 0 Å². The summed E-state index contributed by atoms with van der Waals surface area (Å²) in [5, 5.41) is 8.68. The van der Waals surface area contributed by atoms with E-state index in [9.17, 15) is 0 Å². The summed E-state index contributed by atoms with van der Waals surface area (Å²) < 4.78 is 0. The Balaban J connectivity index is 2.64. The third-order valence-electron chi connectivity index (χ3n) is 4.18. The summed E-state index contributed by atoms with van der Waals surface area (Å²) in [6.07, 6.45) is 3.20. The highest BCUT2D eigenvalue weighted by atomic mass is 14.7. The van der Waals surface area contributed by atoms with Crippen molar-refractivity contribution in [2.45, 2.75) is 47.0 Å². The van der Waals surface area contributed by atoms with Gasteiger partial charge in [-0.15, -0.1) is 0 Å².